The van der Waals surface area contributed by atoms with E-state index in [0.29, 0.717) is 19.4 Å². The van der Waals surface area contributed by atoms with Crippen molar-refractivity contribution < 1.29 is 19.4 Å². The van der Waals surface area contributed by atoms with Gasteiger partial charge in [-0.05, 0) is 18.9 Å². The highest BCUT2D eigenvalue weighted by atomic mass is 16.5. The lowest BCUT2D eigenvalue weighted by atomic mass is 10.1. The van der Waals surface area contributed by atoms with Crippen LogP contribution in [-0.4, -0.2) is 42.7 Å². The van der Waals surface area contributed by atoms with Gasteiger partial charge >= 0.3 is 12.0 Å². The van der Waals surface area contributed by atoms with Crippen LogP contribution < -0.4 is 10.1 Å². The third-order valence-corrected chi connectivity index (χ3v) is 3.83. The maximum atomic E-state index is 12.0. The molecule has 0 heterocycles. The Labute approximate surface area is 123 Å². The van der Waals surface area contributed by atoms with Gasteiger partial charge in [0.2, 0.25) is 0 Å². The molecule has 0 aliphatic heterocycles. The van der Waals surface area contributed by atoms with E-state index in [1.807, 2.05) is 24.3 Å². The summed E-state index contributed by atoms with van der Waals surface area (Å²) < 4.78 is 5.25. The molecule has 6 nitrogen and oxygen atoms in total. The Hall–Kier alpha value is -2.24. The average molecular weight is 292 g/mol. The Bertz CT molecular complexity index is 540. The molecule has 1 aromatic carbocycles. The van der Waals surface area contributed by atoms with Gasteiger partial charge in [0, 0.05) is 19.2 Å². The van der Waals surface area contributed by atoms with Crippen molar-refractivity contribution in [3.05, 3.63) is 29.8 Å². The van der Waals surface area contributed by atoms with Crippen LogP contribution in [0.3, 0.4) is 0 Å². The van der Waals surface area contributed by atoms with E-state index in [9.17, 15) is 9.59 Å². The van der Waals surface area contributed by atoms with E-state index in [4.69, 9.17) is 9.84 Å². The summed E-state index contributed by atoms with van der Waals surface area (Å²) in [7, 11) is 3.25. The van der Waals surface area contributed by atoms with Gasteiger partial charge in [0.1, 0.15) is 5.75 Å². The predicted molar refractivity (Wildman–Crippen MR) is 77.2 cm³/mol. The SMILES string of the molecule is COc1ccccc1CN(C)C(=O)NCC1(C(=O)O)CC1. The van der Waals surface area contributed by atoms with Gasteiger partial charge in [-0.2, -0.15) is 0 Å². The number of aliphatic carboxylic acids is 1. The van der Waals surface area contributed by atoms with Gasteiger partial charge in [-0.3, -0.25) is 4.79 Å². The number of carbonyl (C=O) groups excluding carboxylic acids is 1. The molecular weight excluding hydrogens is 272 g/mol. The normalized spacial score (nSPS) is 15.1. The molecule has 2 N–H and O–H groups in total. The highest BCUT2D eigenvalue weighted by Crippen LogP contribution is 2.45. The molecule has 2 rings (SSSR count). The van der Waals surface area contributed by atoms with E-state index in [0.717, 1.165) is 11.3 Å². The van der Waals surface area contributed by atoms with Gasteiger partial charge in [-0.1, -0.05) is 18.2 Å². The summed E-state index contributed by atoms with van der Waals surface area (Å²) in [6.07, 6.45) is 1.25. The van der Waals surface area contributed by atoms with Gasteiger partial charge in [-0.15, -0.1) is 0 Å². The van der Waals surface area contributed by atoms with Crippen molar-refractivity contribution in [3.63, 3.8) is 0 Å². The molecule has 1 aliphatic rings. The van der Waals surface area contributed by atoms with E-state index >= 15 is 0 Å². The van der Waals surface area contributed by atoms with Crippen molar-refractivity contribution >= 4 is 12.0 Å². The number of hydrogen-bond acceptors (Lipinski definition) is 3. The quantitative estimate of drug-likeness (QED) is 0.836. The predicted octanol–water partition coefficient (Wildman–Crippen LogP) is 1.70. The molecule has 1 aliphatic carbocycles. The minimum atomic E-state index is -0.838. The molecule has 1 saturated carbocycles. The Kier molecular flexibility index (Phi) is 4.35. The number of nitrogens with zero attached hydrogens (tertiary/aromatic N) is 1. The molecule has 0 aromatic heterocycles. The molecule has 21 heavy (non-hydrogen) atoms. The molecule has 1 fully saturated rings. The highest BCUT2D eigenvalue weighted by molar-refractivity contribution is 5.80. The molecule has 0 saturated heterocycles. The van der Waals surface area contributed by atoms with Crippen LogP contribution in [0.15, 0.2) is 24.3 Å². The Morgan fingerprint density at radius 1 is 1.38 bits per heavy atom. The van der Waals surface area contributed by atoms with E-state index in [1.54, 1.807) is 14.2 Å². The second kappa shape index (κ2) is 6.03. The maximum Gasteiger partial charge on any atom is 0.317 e. The van der Waals surface area contributed by atoms with Crippen LogP contribution in [0.5, 0.6) is 5.75 Å². The fourth-order valence-electron chi connectivity index (χ4n) is 2.16. The van der Waals surface area contributed by atoms with E-state index in [1.165, 1.54) is 4.90 Å². The van der Waals surface area contributed by atoms with Crippen LogP contribution in [-0.2, 0) is 11.3 Å². The van der Waals surface area contributed by atoms with Crippen molar-refractivity contribution in [1.29, 1.82) is 0 Å². The lowest BCUT2D eigenvalue weighted by Gasteiger charge is -2.20. The Balaban J connectivity index is 1.89. The summed E-state index contributed by atoms with van der Waals surface area (Å²) in [4.78, 5) is 24.6. The topological polar surface area (TPSA) is 78.9 Å². The summed E-state index contributed by atoms with van der Waals surface area (Å²) in [5.74, 6) is -0.114. The van der Waals surface area contributed by atoms with Crippen LogP contribution in [0.1, 0.15) is 18.4 Å². The first kappa shape index (κ1) is 15.2. The first-order valence-corrected chi connectivity index (χ1v) is 6.83. The summed E-state index contributed by atoms with van der Waals surface area (Å²) in [6, 6.07) is 7.19. The summed E-state index contributed by atoms with van der Waals surface area (Å²) in [5, 5.41) is 11.8. The van der Waals surface area contributed by atoms with Crippen LogP contribution >= 0.6 is 0 Å². The minimum Gasteiger partial charge on any atom is -0.496 e. The van der Waals surface area contributed by atoms with E-state index in [2.05, 4.69) is 5.32 Å². The standard InChI is InChI=1S/C15H20N2O4/c1-17(9-11-5-3-4-6-12(11)21-2)14(20)16-10-15(7-8-15)13(18)19/h3-6H,7-10H2,1-2H3,(H,16,20)(H,18,19). The average Bonchev–Trinajstić information content (AvgIpc) is 3.26. The second-order valence-electron chi connectivity index (χ2n) is 5.41. The zero-order valence-corrected chi connectivity index (χ0v) is 12.3. The van der Waals surface area contributed by atoms with Gasteiger partial charge in [0.05, 0.1) is 19.1 Å². The molecule has 1 aromatic rings. The van der Waals surface area contributed by atoms with Crippen molar-refractivity contribution in [2.24, 2.45) is 5.41 Å². The van der Waals surface area contributed by atoms with Crippen LogP contribution in [0.4, 0.5) is 4.79 Å². The third kappa shape index (κ3) is 3.45. The number of methoxy groups -OCH3 is 1. The molecule has 114 valence electrons. The molecular formula is C15H20N2O4. The number of benzene rings is 1. The lowest BCUT2D eigenvalue weighted by Crippen LogP contribution is -2.41. The number of carbonyl (C=O) groups is 2. The van der Waals surface area contributed by atoms with E-state index in [-0.39, 0.29) is 12.6 Å². The fraction of sp³-hybridized carbons (Fsp3) is 0.467. The van der Waals surface area contributed by atoms with E-state index < -0.39 is 11.4 Å². The number of nitrogens with one attached hydrogen (secondary N) is 1. The first-order chi connectivity index (χ1) is 9.98. The number of carboxylic acids is 1. The Morgan fingerprint density at radius 2 is 2.05 bits per heavy atom. The molecule has 6 heteroatoms. The number of rotatable bonds is 6. The molecule has 0 unspecified atom stereocenters. The monoisotopic (exact) mass is 292 g/mol. The largest absolute Gasteiger partial charge is 0.496 e. The number of ether oxygens (including phenoxy) is 1. The molecule has 0 atom stereocenters. The van der Waals surface area contributed by atoms with Crippen molar-refractivity contribution in [2.45, 2.75) is 19.4 Å². The van der Waals surface area contributed by atoms with Gasteiger partial charge in [-0.25, -0.2) is 4.79 Å². The molecule has 0 radical (unpaired) electrons. The van der Waals surface area contributed by atoms with Crippen molar-refractivity contribution in [2.75, 3.05) is 20.7 Å². The molecule has 2 amide bonds. The summed E-state index contributed by atoms with van der Waals surface area (Å²) in [6.45, 7) is 0.577. The van der Waals surface area contributed by atoms with Crippen LogP contribution in [0.25, 0.3) is 0 Å². The van der Waals surface area contributed by atoms with Crippen LogP contribution in [0, 0.1) is 5.41 Å². The Morgan fingerprint density at radius 3 is 2.62 bits per heavy atom. The second-order valence-corrected chi connectivity index (χ2v) is 5.41. The highest BCUT2D eigenvalue weighted by Gasteiger charge is 2.50. The summed E-state index contributed by atoms with van der Waals surface area (Å²) >= 11 is 0. The smallest absolute Gasteiger partial charge is 0.317 e. The summed E-state index contributed by atoms with van der Waals surface area (Å²) in [5.41, 5.74) is 0.151. The van der Waals surface area contributed by atoms with Gasteiger partial charge in [0.25, 0.3) is 0 Å². The van der Waals surface area contributed by atoms with Crippen molar-refractivity contribution in [3.8, 4) is 5.75 Å². The number of amides is 2. The zero-order chi connectivity index (χ0) is 15.5. The van der Waals surface area contributed by atoms with Crippen molar-refractivity contribution in [1.82, 2.24) is 10.2 Å². The maximum absolute atomic E-state index is 12.0. The number of hydrogen-bond donors (Lipinski definition) is 2. The minimum absolute atomic E-state index is 0.178. The molecule has 0 spiro atoms. The number of urea groups is 1. The van der Waals surface area contributed by atoms with Gasteiger partial charge < -0.3 is 20.1 Å². The van der Waals surface area contributed by atoms with Gasteiger partial charge in [0.15, 0.2) is 0 Å². The third-order valence-electron chi connectivity index (χ3n) is 3.83. The van der Waals surface area contributed by atoms with Crippen LogP contribution in [0.2, 0.25) is 0 Å². The number of para-hydroxylation sites is 1. The zero-order valence-electron chi connectivity index (χ0n) is 12.3. The lowest BCUT2D eigenvalue weighted by molar-refractivity contribution is -0.143. The number of carboxylic acid groups (broad SMARTS) is 1. The molecule has 0 bridgehead atoms. The first-order valence-electron chi connectivity index (χ1n) is 6.83. The fourth-order valence-corrected chi connectivity index (χ4v) is 2.16.